The van der Waals surface area contributed by atoms with E-state index in [-0.39, 0.29) is 18.4 Å². The van der Waals surface area contributed by atoms with Crippen molar-refractivity contribution in [1.29, 1.82) is 0 Å². The summed E-state index contributed by atoms with van der Waals surface area (Å²) in [5.74, 6) is 1.04. The third-order valence-corrected chi connectivity index (χ3v) is 8.00. The molecule has 3 aromatic carbocycles. The molecule has 0 bridgehead atoms. The number of amides is 2. The van der Waals surface area contributed by atoms with Gasteiger partial charge in [0, 0.05) is 69.0 Å². The number of nitrogens with one attached hydrogen (secondary N) is 2. The molecule has 1 aliphatic rings. The first kappa shape index (κ1) is 30.9. The molecule has 1 atom stereocenters. The quantitative estimate of drug-likeness (QED) is 0.236. The van der Waals surface area contributed by atoms with Crippen LogP contribution in [-0.2, 0) is 22.6 Å². The number of fused-ring (bicyclic) bond motifs is 1. The molecule has 0 spiro atoms. The van der Waals surface area contributed by atoms with Gasteiger partial charge >= 0.3 is 0 Å². The Hall–Kier alpha value is -4.50. The van der Waals surface area contributed by atoms with E-state index < -0.39 is 6.04 Å². The van der Waals surface area contributed by atoms with Gasteiger partial charge in [0.05, 0.1) is 19.8 Å². The summed E-state index contributed by atoms with van der Waals surface area (Å²) < 4.78 is 11.5. The van der Waals surface area contributed by atoms with E-state index >= 15 is 0 Å². The second kappa shape index (κ2) is 14.8. The van der Waals surface area contributed by atoms with Crippen LogP contribution in [0.1, 0.15) is 25.0 Å². The highest BCUT2D eigenvalue weighted by atomic mass is 16.5. The van der Waals surface area contributed by atoms with Gasteiger partial charge in [0.25, 0.3) is 0 Å². The van der Waals surface area contributed by atoms with E-state index in [4.69, 9.17) is 9.47 Å². The van der Waals surface area contributed by atoms with Crippen LogP contribution in [0, 0.1) is 0 Å². The van der Waals surface area contributed by atoms with E-state index in [1.165, 1.54) is 5.69 Å². The second-order valence-corrected chi connectivity index (χ2v) is 11.1. The van der Waals surface area contributed by atoms with Gasteiger partial charge in [-0.1, -0.05) is 42.5 Å². The highest BCUT2D eigenvalue weighted by Crippen LogP contribution is 2.29. The van der Waals surface area contributed by atoms with Gasteiger partial charge in [-0.15, -0.1) is 0 Å². The zero-order chi connectivity index (χ0) is 30.9. The lowest BCUT2D eigenvalue weighted by Crippen LogP contribution is -2.53. The average Bonchev–Trinajstić information content (AvgIpc) is 3.45. The summed E-state index contributed by atoms with van der Waals surface area (Å²) in [5.41, 5.74) is 4.11. The highest BCUT2D eigenvalue weighted by Gasteiger charge is 2.27. The van der Waals surface area contributed by atoms with E-state index in [0.717, 1.165) is 48.2 Å². The van der Waals surface area contributed by atoms with E-state index in [2.05, 4.69) is 32.2 Å². The lowest BCUT2D eigenvalue weighted by Gasteiger charge is -2.36. The zero-order valence-corrected chi connectivity index (χ0v) is 25.9. The van der Waals surface area contributed by atoms with Crippen molar-refractivity contribution in [3.05, 3.63) is 90.1 Å². The molecule has 0 saturated carbocycles. The van der Waals surface area contributed by atoms with Crippen LogP contribution in [0.2, 0.25) is 0 Å². The fraction of sp³-hybridized carbons (Fsp3) is 0.371. The van der Waals surface area contributed by atoms with Crippen LogP contribution in [0.15, 0.2) is 79.0 Å². The molecule has 1 fully saturated rings. The van der Waals surface area contributed by atoms with Gasteiger partial charge in [-0.2, -0.15) is 0 Å². The first-order valence-electron chi connectivity index (χ1n) is 15.4. The number of carbonyl (C=O) groups excluding carboxylic acids is 2. The SMILES string of the molecule is CCOc1ccc(CN(C)C(=O)C(Cc2c[nH]c3ccccc23)NC(=O)CN2CCN(c3ccccc3)CC2)cc1OCC. The predicted octanol–water partition coefficient (Wildman–Crippen LogP) is 4.47. The molecule has 1 saturated heterocycles. The summed E-state index contributed by atoms with van der Waals surface area (Å²) in [7, 11) is 1.77. The van der Waals surface area contributed by atoms with Crippen LogP contribution in [0.3, 0.4) is 0 Å². The molecule has 9 heteroatoms. The van der Waals surface area contributed by atoms with Crippen LogP contribution in [0.4, 0.5) is 5.69 Å². The molecule has 2 N–H and O–H groups in total. The molecule has 0 radical (unpaired) electrons. The number of hydrogen-bond donors (Lipinski definition) is 2. The number of anilines is 1. The van der Waals surface area contributed by atoms with E-state index in [1.807, 2.05) is 80.7 Å². The number of aromatic amines is 1. The Morgan fingerprint density at radius 3 is 2.36 bits per heavy atom. The number of carbonyl (C=O) groups is 2. The van der Waals surface area contributed by atoms with Crippen molar-refractivity contribution in [1.82, 2.24) is 20.1 Å². The smallest absolute Gasteiger partial charge is 0.245 e. The van der Waals surface area contributed by atoms with Gasteiger partial charge in [-0.05, 0) is 55.3 Å². The van der Waals surface area contributed by atoms with Crippen molar-refractivity contribution in [3.8, 4) is 11.5 Å². The van der Waals surface area contributed by atoms with Gasteiger partial charge in [-0.3, -0.25) is 14.5 Å². The van der Waals surface area contributed by atoms with Gasteiger partial charge in [0.1, 0.15) is 6.04 Å². The Bertz CT molecular complexity index is 1530. The minimum Gasteiger partial charge on any atom is -0.490 e. The monoisotopic (exact) mass is 597 g/mol. The van der Waals surface area contributed by atoms with Crippen molar-refractivity contribution in [2.75, 3.05) is 57.9 Å². The van der Waals surface area contributed by atoms with Crippen LogP contribution < -0.4 is 19.7 Å². The number of nitrogens with zero attached hydrogens (tertiary/aromatic N) is 3. The predicted molar refractivity (Wildman–Crippen MR) is 174 cm³/mol. The maximum atomic E-state index is 13.9. The van der Waals surface area contributed by atoms with Crippen molar-refractivity contribution in [2.24, 2.45) is 0 Å². The number of aromatic nitrogens is 1. The normalized spacial score (nSPS) is 14.3. The number of hydrogen-bond acceptors (Lipinski definition) is 6. The summed E-state index contributed by atoms with van der Waals surface area (Å²) in [4.78, 5) is 36.8. The Kier molecular flexibility index (Phi) is 10.4. The number of para-hydroxylation sites is 2. The molecule has 0 aliphatic carbocycles. The Morgan fingerprint density at radius 2 is 1.61 bits per heavy atom. The number of ether oxygens (including phenoxy) is 2. The van der Waals surface area contributed by atoms with Crippen molar-refractivity contribution >= 4 is 28.4 Å². The molecule has 2 heterocycles. The highest BCUT2D eigenvalue weighted by molar-refractivity contribution is 5.90. The topological polar surface area (TPSA) is 90.1 Å². The van der Waals surface area contributed by atoms with Gasteiger partial charge in [-0.25, -0.2) is 0 Å². The number of rotatable bonds is 13. The van der Waals surface area contributed by atoms with Crippen molar-refractivity contribution < 1.29 is 19.1 Å². The zero-order valence-electron chi connectivity index (χ0n) is 25.9. The molecule has 1 aliphatic heterocycles. The van der Waals surface area contributed by atoms with Crippen LogP contribution in [-0.4, -0.2) is 85.6 Å². The molecular formula is C35H43N5O4. The lowest BCUT2D eigenvalue weighted by atomic mass is 10.0. The summed E-state index contributed by atoms with van der Waals surface area (Å²) >= 11 is 0. The van der Waals surface area contributed by atoms with Crippen LogP contribution in [0.5, 0.6) is 11.5 Å². The number of likely N-dealkylation sites (N-methyl/N-ethyl adjacent to an activating group) is 1. The molecule has 9 nitrogen and oxygen atoms in total. The van der Waals surface area contributed by atoms with Crippen LogP contribution >= 0.6 is 0 Å². The summed E-state index contributed by atoms with van der Waals surface area (Å²) in [6.45, 7) is 8.79. The minimum absolute atomic E-state index is 0.149. The summed E-state index contributed by atoms with van der Waals surface area (Å²) in [6, 6.07) is 23.4. The minimum atomic E-state index is -0.716. The Balaban J connectivity index is 1.27. The Morgan fingerprint density at radius 1 is 0.909 bits per heavy atom. The average molecular weight is 598 g/mol. The van der Waals surface area contributed by atoms with Gasteiger partial charge in [0.2, 0.25) is 11.8 Å². The van der Waals surface area contributed by atoms with Crippen molar-refractivity contribution in [2.45, 2.75) is 32.9 Å². The first-order chi connectivity index (χ1) is 21.4. The summed E-state index contributed by atoms with van der Waals surface area (Å²) in [6.07, 6.45) is 2.31. The number of benzene rings is 3. The molecular weight excluding hydrogens is 554 g/mol. The van der Waals surface area contributed by atoms with Gasteiger partial charge in [0.15, 0.2) is 11.5 Å². The van der Waals surface area contributed by atoms with Crippen LogP contribution in [0.25, 0.3) is 10.9 Å². The van der Waals surface area contributed by atoms with E-state index in [1.54, 1.807) is 11.9 Å². The molecule has 232 valence electrons. The molecule has 44 heavy (non-hydrogen) atoms. The molecule has 5 rings (SSSR count). The van der Waals surface area contributed by atoms with E-state index in [9.17, 15) is 9.59 Å². The third-order valence-electron chi connectivity index (χ3n) is 8.00. The fourth-order valence-electron chi connectivity index (χ4n) is 5.78. The molecule has 1 unspecified atom stereocenters. The molecule has 4 aromatic rings. The molecule has 2 amide bonds. The molecule has 1 aromatic heterocycles. The van der Waals surface area contributed by atoms with Crippen molar-refractivity contribution in [3.63, 3.8) is 0 Å². The number of H-pyrrole nitrogens is 1. The summed E-state index contributed by atoms with van der Waals surface area (Å²) in [5, 5.41) is 4.14. The standard InChI is InChI=1S/C35H43N5O4/c1-4-43-32-16-15-26(21-33(32)44-5-2)24-38(3)35(42)31(22-27-23-36-30-14-10-9-13-29(27)30)37-34(41)25-39-17-19-40(20-18-39)28-11-7-6-8-12-28/h6-16,21,23,31,36H,4-5,17-20,22,24-25H2,1-3H3,(H,37,41). The Labute approximate surface area is 259 Å². The fourth-order valence-corrected chi connectivity index (χ4v) is 5.78. The largest absolute Gasteiger partial charge is 0.490 e. The van der Waals surface area contributed by atoms with Gasteiger partial charge < -0.3 is 29.6 Å². The lowest BCUT2D eigenvalue weighted by molar-refractivity contribution is -0.136. The third kappa shape index (κ3) is 7.71. The second-order valence-electron chi connectivity index (χ2n) is 11.1. The van der Waals surface area contributed by atoms with E-state index in [0.29, 0.717) is 37.7 Å². The number of piperazine rings is 1. The maximum Gasteiger partial charge on any atom is 0.245 e. The maximum absolute atomic E-state index is 13.9. The first-order valence-corrected chi connectivity index (χ1v) is 15.4.